The van der Waals surface area contributed by atoms with Crippen LogP contribution in [0.5, 0.6) is 0 Å². The third kappa shape index (κ3) is 6.10. The summed E-state index contributed by atoms with van der Waals surface area (Å²) in [5, 5.41) is 11.4. The number of carbonyl (C=O) groups is 1. The van der Waals surface area contributed by atoms with Crippen LogP contribution in [0, 0.1) is 0 Å². The van der Waals surface area contributed by atoms with Gasteiger partial charge in [0.1, 0.15) is 5.69 Å². The van der Waals surface area contributed by atoms with E-state index in [4.69, 9.17) is 12.2 Å². The minimum absolute atomic E-state index is 0.147. The SMILES string of the molecule is CC(C)(C)c1ccc(CNC(=S)Nc2ccc(NC(=O)c3cscn3)cc2)cc1. The maximum atomic E-state index is 12.0. The molecule has 0 fully saturated rings. The predicted molar refractivity (Wildman–Crippen MR) is 125 cm³/mol. The number of amides is 1. The zero-order chi connectivity index (χ0) is 20.9. The monoisotopic (exact) mass is 424 g/mol. The Morgan fingerprint density at radius 2 is 1.62 bits per heavy atom. The van der Waals surface area contributed by atoms with Crippen molar-refractivity contribution in [3.63, 3.8) is 0 Å². The second-order valence-corrected chi connectivity index (χ2v) is 8.79. The smallest absolute Gasteiger partial charge is 0.275 e. The highest BCUT2D eigenvalue weighted by molar-refractivity contribution is 7.80. The number of benzene rings is 2. The molecule has 0 aliphatic carbocycles. The Labute approximate surface area is 180 Å². The summed E-state index contributed by atoms with van der Waals surface area (Å²) in [7, 11) is 0. The first-order valence-corrected chi connectivity index (χ1v) is 10.6. The van der Waals surface area contributed by atoms with Crippen molar-refractivity contribution in [1.29, 1.82) is 0 Å². The average molecular weight is 425 g/mol. The first-order chi connectivity index (χ1) is 13.8. The van der Waals surface area contributed by atoms with Crippen molar-refractivity contribution in [2.24, 2.45) is 0 Å². The first-order valence-electron chi connectivity index (χ1n) is 9.25. The van der Waals surface area contributed by atoms with Gasteiger partial charge in [-0.1, -0.05) is 45.0 Å². The number of thiocarbonyl (C=S) groups is 1. The molecule has 5 nitrogen and oxygen atoms in total. The summed E-state index contributed by atoms with van der Waals surface area (Å²) < 4.78 is 0. The van der Waals surface area contributed by atoms with E-state index in [1.54, 1.807) is 10.9 Å². The van der Waals surface area contributed by atoms with Gasteiger partial charge in [-0.3, -0.25) is 4.79 Å². The van der Waals surface area contributed by atoms with Gasteiger partial charge in [-0.15, -0.1) is 11.3 Å². The number of thiazole rings is 1. The maximum Gasteiger partial charge on any atom is 0.275 e. The number of aromatic nitrogens is 1. The lowest BCUT2D eigenvalue weighted by Crippen LogP contribution is -2.27. The summed E-state index contributed by atoms with van der Waals surface area (Å²) in [6.07, 6.45) is 0. The van der Waals surface area contributed by atoms with E-state index in [9.17, 15) is 4.79 Å². The van der Waals surface area contributed by atoms with Crippen LogP contribution in [0.25, 0.3) is 0 Å². The van der Waals surface area contributed by atoms with Crippen LogP contribution in [0.3, 0.4) is 0 Å². The van der Waals surface area contributed by atoms with Crippen LogP contribution < -0.4 is 16.0 Å². The minimum atomic E-state index is -0.221. The van der Waals surface area contributed by atoms with Gasteiger partial charge >= 0.3 is 0 Å². The van der Waals surface area contributed by atoms with Crippen LogP contribution in [0.1, 0.15) is 42.4 Å². The van der Waals surface area contributed by atoms with Gasteiger partial charge in [-0.05, 0) is 53.0 Å². The highest BCUT2D eigenvalue weighted by Gasteiger charge is 2.12. The van der Waals surface area contributed by atoms with Crippen molar-refractivity contribution in [3.8, 4) is 0 Å². The average Bonchev–Trinajstić information content (AvgIpc) is 3.22. The molecule has 0 spiro atoms. The summed E-state index contributed by atoms with van der Waals surface area (Å²) in [6.45, 7) is 7.26. The molecule has 0 atom stereocenters. The van der Waals surface area contributed by atoms with Gasteiger partial charge in [0.25, 0.3) is 5.91 Å². The summed E-state index contributed by atoms with van der Waals surface area (Å²) in [6, 6.07) is 15.9. The standard InChI is InChI=1S/C22H24N4OS2/c1-22(2,3)16-6-4-15(5-7-16)12-23-21(28)26-18-10-8-17(9-11-18)25-20(27)19-13-29-14-24-19/h4-11,13-14H,12H2,1-3H3,(H,25,27)(H2,23,26,28). The fourth-order valence-electron chi connectivity index (χ4n) is 2.64. The highest BCUT2D eigenvalue weighted by atomic mass is 32.1. The largest absolute Gasteiger partial charge is 0.358 e. The normalized spacial score (nSPS) is 11.0. The van der Waals surface area contributed by atoms with Crippen LogP contribution in [0.15, 0.2) is 59.4 Å². The molecule has 3 aromatic rings. The van der Waals surface area contributed by atoms with Gasteiger partial charge in [0.15, 0.2) is 5.11 Å². The molecule has 0 bridgehead atoms. The fraction of sp³-hybridized carbons (Fsp3) is 0.227. The zero-order valence-corrected chi connectivity index (χ0v) is 18.3. The van der Waals surface area contributed by atoms with Crippen LogP contribution in [0.4, 0.5) is 11.4 Å². The van der Waals surface area contributed by atoms with E-state index >= 15 is 0 Å². The molecule has 1 amide bonds. The molecule has 3 rings (SSSR count). The van der Waals surface area contributed by atoms with Gasteiger partial charge in [0.2, 0.25) is 0 Å². The van der Waals surface area contributed by atoms with Crippen LogP contribution in [-0.4, -0.2) is 16.0 Å². The van der Waals surface area contributed by atoms with Crippen molar-refractivity contribution < 1.29 is 4.79 Å². The lowest BCUT2D eigenvalue weighted by Gasteiger charge is -2.19. The van der Waals surface area contributed by atoms with Gasteiger partial charge in [-0.2, -0.15) is 0 Å². The lowest BCUT2D eigenvalue weighted by molar-refractivity contribution is 0.102. The molecule has 0 unspecified atom stereocenters. The zero-order valence-electron chi connectivity index (χ0n) is 16.7. The topological polar surface area (TPSA) is 66.0 Å². The van der Waals surface area contributed by atoms with E-state index in [-0.39, 0.29) is 11.3 Å². The number of rotatable bonds is 5. The quantitative estimate of drug-likeness (QED) is 0.493. The second kappa shape index (κ2) is 9.15. The van der Waals surface area contributed by atoms with Crippen molar-refractivity contribution in [1.82, 2.24) is 10.3 Å². The van der Waals surface area contributed by atoms with Crippen molar-refractivity contribution in [2.75, 3.05) is 10.6 Å². The summed E-state index contributed by atoms with van der Waals surface area (Å²) >= 11 is 6.77. The highest BCUT2D eigenvalue weighted by Crippen LogP contribution is 2.22. The summed E-state index contributed by atoms with van der Waals surface area (Å²) in [5.41, 5.74) is 6.22. The van der Waals surface area contributed by atoms with E-state index in [0.29, 0.717) is 23.0 Å². The number of anilines is 2. The Kier molecular flexibility index (Phi) is 6.61. The van der Waals surface area contributed by atoms with Gasteiger partial charge in [0.05, 0.1) is 5.51 Å². The Bertz CT molecular complexity index is 960. The summed E-state index contributed by atoms with van der Waals surface area (Å²) in [4.78, 5) is 16.0. The third-order valence-electron chi connectivity index (χ3n) is 4.34. The Hall–Kier alpha value is -2.77. The van der Waals surface area contributed by atoms with Crippen LogP contribution in [0.2, 0.25) is 0 Å². The molecule has 0 saturated carbocycles. The molecular formula is C22H24N4OS2. The molecule has 29 heavy (non-hydrogen) atoms. The molecule has 7 heteroatoms. The Morgan fingerprint density at radius 1 is 1.00 bits per heavy atom. The van der Waals surface area contributed by atoms with E-state index in [1.165, 1.54) is 22.5 Å². The van der Waals surface area contributed by atoms with E-state index in [0.717, 1.165) is 5.69 Å². The number of nitrogens with zero attached hydrogens (tertiary/aromatic N) is 1. The molecule has 1 heterocycles. The molecule has 1 aromatic heterocycles. The second-order valence-electron chi connectivity index (χ2n) is 7.66. The van der Waals surface area contributed by atoms with Gasteiger partial charge < -0.3 is 16.0 Å². The minimum Gasteiger partial charge on any atom is -0.358 e. The van der Waals surface area contributed by atoms with Crippen molar-refractivity contribution >= 4 is 45.9 Å². The first kappa shape index (κ1) is 21.0. The third-order valence-corrected chi connectivity index (χ3v) is 5.17. The molecule has 0 aliphatic rings. The molecule has 3 N–H and O–H groups in total. The fourth-order valence-corrected chi connectivity index (χ4v) is 3.36. The molecular weight excluding hydrogens is 400 g/mol. The molecule has 0 radical (unpaired) electrons. The van der Waals surface area contributed by atoms with E-state index < -0.39 is 0 Å². The van der Waals surface area contributed by atoms with E-state index in [1.807, 2.05) is 24.3 Å². The summed E-state index contributed by atoms with van der Waals surface area (Å²) in [5.74, 6) is -0.221. The van der Waals surface area contributed by atoms with Crippen molar-refractivity contribution in [3.05, 3.63) is 76.2 Å². The maximum absolute atomic E-state index is 12.0. The van der Waals surface area contributed by atoms with Crippen LogP contribution >= 0.6 is 23.6 Å². The van der Waals surface area contributed by atoms with Gasteiger partial charge in [0, 0.05) is 23.3 Å². The number of nitrogens with one attached hydrogen (secondary N) is 3. The molecule has 0 saturated heterocycles. The predicted octanol–water partition coefficient (Wildman–Crippen LogP) is 5.18. The lowest BCUT2D eigenvalue weighted by atomic mass is 9.87. The number of hydrogen-bond donors (Lipinski definition) is 3. The number of carbonyl (C=O) groups excluding carboxylic acids is 1. The Balaban J connectivity index is 1.48. The van der Waals surface area contributed by atoms with E-state index in [2.05, 4.69) is 66.0 Å². The van der Waals surface area contributed by atoms with Crippen molar-refractivity contribution in [2.45, 2.75) is 32.7 Å². The van der Waals surface area contributed by atoms with Crippen LogP contribution in [-0.2, 0) is 12.0 Å². The molecule has 0 aliphatic heterocycles. The molecule has 2 aromatic carbocycles. The molecule has 150 valence electrons. The Morgan fingerprint density at radius 3 is 2.17 bits per heavy atom. The number of hydrogen-bond acceptors (Lipinski definition) is 4. The van der Waals surface area contributed by atoms with Gasteiger partial charge in [-0.25, -0.2) is 4.98 Å².